The van der Waals surface area contributed by atoms with Crippen LogP contribution in [0.1, 0.15) is 41.7 Å². The van der Waals surface area contributed by atoms with Gasteiger partial charge in [0.1, 0.15) is 12.6 Å². The Hall–Kier alpha value is -4.43. The van der Waals surface area contributed by atoms with Crippen LogP contribution in [0.2, 0.25) is 0 Å². The van der Waals surface area contributed by atoms with Gasteiger partial charge >= 0.3 is 0 Å². The molecule has 0 aromatic heterocycles. The van der Waals surface area contributed by atoms with Crippen LogP contribution < -0.4 is 9.62 Å². The highest BCUT2D eigenvalue weighted by Crippen LogP contribution is 2.28. The molecule has 0 saturated carbocycles. The fraction of sp³-hybridized carbons (Fsp3) is 0.278. The summed E-state index contributed by atoms with van der Waals surface area (Å²) in [6, 6.07) is 29.8. The lowest BCUT2D eigenvalue weighted by molar-refractivity contribution is -0.140. The molecule has 0 bridgehead atoms. The number of benzene rings is 4. The van der Waals surface area contributed by atoms with Crippen LogP contribution in [0.25, 0.3) is 0 Å². The molecule has 8 heteroatoms. The normalized spacial score (nSPS) is 12.0. The van der Waals surface area contributed by atoms with E-state index in [-0.39, 0.29) is 29.8 Å². The molecular formula is C36H41N3O4S. The zero-order valence-electron chi connectivity index (χ0n) is 26.0. The zero-order chi connectivity index (χ0) is 31.9. The lowest BCUT2D eigenvalue weighted by atomic mass is 10.0. The highest BCUT2D eigenvalue weighted by Gasteiger charge is 2.35. The Morgan fingerprint density at radius 2 is 1.36 bits per heavy atom. The van der Waals surface area contributed by atoms with Gasteiger partial charge in [-0.2, -0.15) is 0 Å². The largest absolute Gasteiger partial charge is 0.352 e. The van der Waals surface area contributed by atoms with E-state index in [2.05, 4.69) is 5.32 Å². The van der Waals surface area contributed by atoms with Crippen LogP contribution >= 0.6 is 0 Å². The number of sulfonamides is 1. The minimum absolute atomic E-state index is 0.0800. The van der Waals surface area contributed by atoms with E-state index in [4.69, 9.17) is 0 Å². The van der Waals surface area contributed by atoms with Crippen molar-refractivity contribution in [3.05, 3.63) is 131 Å². The summed E-state index contributed by atoms with van der Waals surface area (Å²) >= 11 is 0. The molecular weight excluding hydrogens is 570 g/mol. The summed E-state index contributed by atoms with van der Waals surface area (Å²) in [6.07, 6.45) is 0.270. The zero-order valence-corrected chi connectivity index (χ0v) is 26.8. The highest BCUT2D eigenvalue weighted by molar-refractivity contribution is 7.92. The molecule has 0 unspecified atom stereocenters. The van der Waals surface area contributed by atoms with E-state index < -0.39 is 28.5 Å². The Balaban J connectivity index is 1.82. The number of nitrogens with zero attached hydrogens (tertiary/aromatic N) is 2. The highest BCUT2D eigenvalue weighted by atomic mass is 32.2. The van der Waals surface area contributed by atoms with Gasteiger partial charge in [-0.1, -0.05) is 96.1 Å². The molecule has 2 amide bonds. The van der Waals surface area contributed by atoms with Gasteiger partial charge in [0, 0.05) is 19.0 Å². The first kappa shape index (κ1) is 32.5. The third kappa shape index (κ3) is 8.14. The van der Waals surface area contributed by atoms with Crippen molar-refractivity contribution in [1.29, 1.82) is 0 Å². The van der Waals surface area contributed by atoms with E-state index in [0.717, 1.165) is 27.8 Å². The fourth-order valence-electron chi connectivity index (χ4n) is 5.26. The first-order chi connectivity index (χ1) is 21.0. The van der Waals surface area contributed by atoms with Gasteiger partial charge in [0.25, 0.3) is 10.0 Å². The van der Waals surface area contributed by atoms with Crippen LogP contribution in [0.15, 0.2) is 108 Å². The summed E-state index contributed by atoms with van der Waals surface area (Å²) in [5.74, 6) is -0.778. The molecule has 230 valence electrons. The Morgan fingerprint density at radius 1 is 0.750 bits per heavy atom. The number of aryl methyl sites for hydroxylation is 3. The molecule has 0 heterocycles. The topological polar surface area (TPSA) is 86.8 Å². The quantitative estimate of drug-likeness (QED) is 0.214. The van der Waals surface area contributed by atoms with Crippen LogP contribution in [0.5, 0.6) is 0 Å². The van der Waals surface area contributed by atoms with Crippen molar-refractivity contribution >= 4 is 27.5 Å². The van der Waals surface area contributed by atoms with Crippen molar-refractivity contribution in [2.75, 3.05) is 10.8 Å². The van der Waals surface area contributed by atoms with Crippen molar-refractivity contribution in [2.24, 2.45) is 0 Å². The van der Waals surface area contributed by atoms with Crippen LogP contribution in [0.3, 0.4) is 0 Å². The average Bonchev–Trinajstić information content (AvgIpc) is 2.98. The molecule has 0 fully saturated rings. The van der Waals surface area contributed by atoms with Crippen LogP contribution in [-0.2, 0) is 32.6 Å². The van der Waals surface area contributed by atoms with Crippen LogP contribution in [-0.4, -0.2) is 43.8 Å². The number of hydrogen-bond acceptors (Lipinski definition) is 4. The van der Waals surface area contributed by atoms with E-state index in [1.807, 2.05) is 101 Å². The monoisotopic (exact) mass is 611 g/mol. The van der Waals surface area contributed by atoms with Gasteiger partial charge in [0.15, 0.2) is 0 Å². The first-order valence-corrected chi connectivity index (χ1v) is 16.2. The van der Waals surface area contributed by atoms with Gasteiger partial charge in [-0.3, -0.25) is 13.9 Å². The summed E-state index contributed by atoms with van der Waals surface area (Å²) in [4.78, 5) is 29.9. The average molecular weight is 612 g/mol. The van der Waals surface area contributed by atoms with E-state index in [1.54, 1.807) is 24.3 Å². The van der Waals surface area contributed by atoms with E-state index in [9.17, 15) is 18.0 Å². The molecule has 1 atom stereocenters. The molecule has 4 aromatic carbocycles. The number of nitrogens with one attached hydrogen (secondary N) is 1. The van der Waals surface area contributed by atoms with Gasteiger partial charge in [-0.25, -0.2) is 8.42 Å². The van der Waals surface area contributed by atoms with E-state index >= 15 is 0 Å². The maximum absolute atomic E-state index is 14.5. The predicted molar refractivity (Wildman–Crippen MR) is 176 cm³/mol. The smallest absolute Gasteiger partial charge is 0.264 e. The number of amides is 2. The van der Waals surface area contributed by atoms with E-state index in [1.165, 1.54) is 21.3 Å². The summed E-state index contributed by atoms with van der Waals surface area (Å²) < 4.78 is 29.5. The first-order valence-electron chi connectivity index (χ1n) is 14.8. The Morgan fingerprint density at radius 3 is 1.98 bits per heavy atom. The van der Waals surface area contributed by atoms with Gasteiger partial charge in [0.2, 0.25) is 11.8 Å². The summed E-state index contributed by atoms with van der Waals surface area (Å²) in [5.41, 5.74) is 4.86. The number of carbonyl (C=O) groups is 2. The van der Waals surface area contributed by atoms with Crippen LogP contribution in [0, 0.1) is 20.8 Å². The standard InChI is InChI=1S/C36H41N3O4S/c1-26(2)37-36(41)34(23-30-14-8-6-9-15-30)38(24-31-16-12-13-27(3)22-31)35(40)25-39(33-20-19-28(4)21-29(33)5)44(42,43)32-17-10-7-11-18-32/h6-22,26,34H,23-25H2,1-5H3,(H,37,41)/t34-/m0/s1. The van der Waals surface area contributed by atoms with Crippen molar-refractivity contribution in [1.82, 2.24) is 10.2 Å². The van der Waals surface area contributed by atoms with Crippen LogP contribution in [0.4, 0.5) is 5.69 Å². The molecule has 4 rings (SSSR count). The maximum Gasteiger partial charge on any atom is 0.264 e. The molecule has 4 aromatic rings. The molecule has 0 spiro atoms. The molecule has 0 aliphatic heterocycles. The molecule has 0 radical (unpaired) electrons. The van der Waals surface area contributed by atoms with Gasteiger partial charge < -0.3 is 10.2 Å². The minimum Gasteiger partial charge on any atom is -0.352 e. The Labute approximate surface area is 261 Å². The third-order valence-electron chi connectivity index (χ3n) is 7.37. The summed E-state index contributed by atoms with van der Waals surface area (Å²) in [7, 11) is -4.14. The molecule has 0 saturated heterocycles. The lowest BCUT2D eigenvalue weighted by Gasteiger charge is -2.34. The number of anilines is 1. The number of rotatable bonds is 12. The molecule has 0 aliphatic carbocycles. The van der Waals surface area contributed by atoms with Crippen molar-refractivity contribution < 1.29 is 18.0 Å². The lowest BCUT2D eigenvalue weighted by Crippen LogP contribution is -2.54. The van der Waals surface area contributed by atoms with Gasteiger partial charge in [0.05, 0.1) is 10.6 Å². The Kier molecular flexibility index (Phi) is 10.6. The van der Waals surface area contributed by atoms with Crippen molar-refractivity contribution in [2.45, 2.75) is 64.6 Å². The molecule has 44 heavy (non-hydrogen) atoms. The number of carbonyl (C=O) groups excluding carboxylic acids is 2. The molecule has 0 aliphatic rings. The van der Waals surface area contributed by atoms with E-state index in [0.29, 0.717) is 5.69 Å². The summed E-state index contributed by atoms with van der Waals surface area (Å²) in [5, 5.41) is 2.99. The third-order valence-corrected chi connectivity index (χ3v) is 9.14. The fourth-order valence-corrected chi connectivity index (χ4v) is 6.76. The van der Waals surface area contributed by atoms with Gasteiger partial charge in [-0.15, -0.1) is 0 Å². The maximum atomic E-state index is 14.5. The van der Waals surface area contributed by atoms with Gasteiger partial charge in [-0.05, 0) is 69.5 Å². The summed E-state index contributed by atoms with van der Waals surface area (Å²) in [6.45, 7) is 9.14. The SMILES string of the molecule is Cc1cccc(CN(C(=O)CN(c2ccc(C)cc2C)S(=O)(=O)c2ccccc2)[C@@H](Cc2ccccc2)C(=O)NC(C)C)c1. The second-order valence-corrected chi connectivity index (χ2v) is 13.4. The van der Waals surface area contributed by atoms with Crippen molar-refractivity contribution in [3.8, 4) is 0 Å². The predicted octanol–water partition coefficient (Wildman–Crippen LogP) is 5.97. The Bertz CT molecular complexity index is 1690. The number of hydrogen-bond donors (Lipinski definition) is 1. The second kappa shape index (κ2) is 14.4. The molecule has 1 N–H and O–H groups in total. The second-order valence-electron chi connectivity index (χ2n) is 11.5. The minimum atomic E-state index is -4.14. The molecule has 7 nitrogen and oxygen atoms in total. The van der Waals surface area contributed by atoms with Crippen molar-refractivity contribution in [3.63, 3.8) is 0 Å².